The molecule has 0 radical (unpaired) electrons. The molecule has 3 fully saturated rings. The molecule has 164 valence electrons. The average Bonchev–Trinajstić information content (AvgIpc) is 3.39. The summed E-state index contributed by atoms with van der Waals surface area (Å²) >= 11 is 0. The maximum Gasteiger partial charge on any atom is 0.113 e. The van der Waals surface area contributed by atoms with Gasteiger partial charge in [0.1, 0.15) is 5.69 Å². The quantitative estimate of drug-likeness (QED) is 0.632. The molecule has 4 aliphatic carbocycles. The summed E-state index contributed by atoms with van der Waals surface area (Å²) in [7, 11) is 0. The van der Waals surface area contributed by atoms with Gasteiger partial charge in [0, 0.05) is 11.6 Å². The fourth-order valence-corrected chi connectivity index (χ4v) is 8.27. The van der Waals surface area contributed by atoms with Crippen molar-refractivity contribution in [3.63, 3.8) is 0 Å². The van der Waals surface area contributed by atoms with E-state index in [1.54, 1.807) is 5.57 Å². The Bertz CT molecular complexity index is 994. The van der Waals surface area contributed by atoms with Crippen molar-refractivity contribution in [2.75, 3.05) is 0 Å². The van der Waals surface area contributed by atoms with Gasteiger partial charge in [0.25, 0.3) is 0 Å². The van der Waals surface area contributed by atoms with Crippen LogP contribution in [0.1, 0.15) is 71.3 Å². The standard InChI is InChI=1S/C27H36N4/c1-26-14-12-20(28)16-19(26)8-9-21-22-10-11-25(27(22,2)15-13-23(21)26)31-17-24(29-30-31)18-6-4-3-5-7-18/h3-8,17,20-23,25H,9-16,28H2,1-2H3/t20-,21?,22?,23?,25-,26+,27+/m1/s1. The largest absolute Gasteiger partial charge is 0.327 e. The van der Waals surface area contributed by atoms with Crippen LogP contribution >= 0.6 is 0 Å². The highest BCUT2D eigenvalue weighted by Crippen LogP contribution is 2.67. The molecule has 0 aliphatic heterocycles. The van der Waals surface area contributed by atoms with E-state index in [4.69, 9.17) is 5.73 Å². The number of hydrogen-bond donors (Lipinski definition) is 1. The molecule has 7 atom stereocenters. The number of aromatic nitrogens is 3. The van der Waals surface area contributed by atoms with Crippen LogP contribution in [-0.4, -0.2) is 21.0 Å². The summed E-state index contributed by atoms with van der Waals surface area (Å²) in [5.41, 5.74) is 10.9. The molecule has 6 rings (SSSR count). The molecule has 0 spiro atoms. The van der Waals surface area contributed by atoms with Crippen molar-refractivity contribution in [2.45, 2.75) is 77.3 Å². The van der Waals surface area contributed by atoms with Gasteiger partial charge in [-0.2, -0.15) is 0 Å². The van der Waals surface area contributed by atoms with Gasteiger partial charge in [-0.25, -0.2) is 4.68 Å². The van der Waals surface area contributed by atoms with Gasteiger partial charge in [-0.05, 0) is 80.0 Å². The Morgan fingerprint density at radius 2 is 1.84 bits per heavy atom. The van der Waals surface area contributed by atoms with Crippen molar-refractivity contribution in [2.24, 2.45) is 34.3 Å². The molecule has 1 heterocycles. The van der Waals surface area contributed by atoms with Gasteiger partial charge in [0.2, 0.25) is 0 Å². The molecule has 0 saturated heterocycles. The Morgan fingerprint density at radius 3 is 2.68 bits per heavy atom. The molecule has 2 N–H and O–H groups in total. The van der Waals surface area contributed by atoms with Gasteiger partial charge >= 0.3 is 0 Å². The number of benzene rings is 1. The van der Waals surface area contributed by atoms with E-state index in [2.05, 4.69) is 71.4 Å². The number of allylic oxidation sites excluding steroid dienone is 1. The summed E-state index contributed by atoms with van der Waals surface area (Å²) in [6.07, 6.45) is 14.9. The molecule has 3 unspecified atom stereocenters. The Kier molecular flexibility index (Phi) is 4.47. The molecular weight excluding hydrogens is 380 g/mol. The van der Waals surface area contributed by atoms with Crippen LogP contribution in [0.2, 0.25) is 0 Å². The predicted octanol–water partition coefficient (Wildman–Crippen LogP) is 5.78. The molecule has 31 heavy (non-hydrogen) atoms. The van der Waals surface area contributed by atoms with Crippen molar-refractivity contribution < 1.29 is 0 Å². The van der Waals surface area contributed by atoms with E-state index in [0.717, 1.165) is 35.4 Å². The summed E-state index contributed by atoms with van der Waals surface area (Å²) in [6, 6.07) is 11.3. The molecule has 2 aromatic rings. The van der Waals surface area contributed by atoms with Crippen LogP contribution in [0.25, 0.3) is 11.3 Å². The highest BCUT2D eigenvalue weighted by atomic mass is 15.4. The van der Waals surface area contributed by atoms with E-state index in [9.17, 15) is 0 Å². The SMILES string of the molecule is C[C@]12CC[C@@H](N)CC1=CCC1C2CC[C@@]2(C)C1CC[C@H]2n1cc(-c2ccccc2)nn1. The van der Waals surface area contributed by atoms with Gasteiger partial charge in [0.15, 0.2) is 0 Å². The second-order valence-electron chi connectivity index (χ2n) is 11.3. The fraction of sp³-hybridized carbons (Fsp3) is 0.630. The van der Waals surface area contributed by atoms with E-state index < -0.39 is 0 Å². The van der Waals surface area contributed by atoms with Crippen LogP contribution in [0.4, 0.5) is 0 Å². The fourth-order valence-electron chi connectivity index (χ4n) is 8.27. The zero-order chi connectivity index (χ0) is 21.2. The second kappa shape index (κ2) is 7.03. The summed E-state index contributed by atoms with van der Waals surface area (Å²) in [6.45, 7) is 5.13. The lowest BCUT2D eigenvalue weighted by Gasteiger charge is -2.58. The van der Waals surface area contributed by atoms with Gasteiger partial charge in [-0.3, -0.25) is 0 Å². The van der Waals surface area contributed by atoms with E-state index in [0.29, 0.717) is 22.9 Å². The molecule has 0 amide bonds. The van der Waals surface area contributed by atoms with Crippen molar-refractivity contribution in [1.29, 1.82) is 0 Å². The number of rotatable bonds is 2. The van der Waals surface area contributed by atoms with E-state index in [-0.39, 0.29) is 0 Å². The van der Waals surface area contributed by atoms with Crippen molar-refractivity contribution >= 4 is 0 Å². The monoisotopic (exact) mass is 416 g/mol. The first kappa shape index (κ1) is 19.7. The van der Waals surface area contributed by atoms with Gasteiger partial charge < -0.3 is 5.73 Å². The molecule has 4 heteroatoms. The van der Waals surface area contributed by atoms with E-state index >= 15 is 0 Å². The zero-order valence-electron chi connectivity index (χ0n) is 19.0. The first-order valence-electron chi connectivity index (χ1n) is 12.4. The second-order valence-corrected chi connectivity index (χ2v) is 11.3. The average molecular weight is 417 g/mol. The molecule has 4 nitrogen and oxygen atoms in total. The number of nitrogens with zero attached hydrogens (tertiary/aromatic N) is 3. The van der Waals surface area contributed by atoms with Crippen LogP contribution in [0.3, 0.4) is 0 Å². The predicted molar refractivity (Wildman–Crippen MR) is 124 cm³/mol. The number of fused-ring (bicyclic) bond motifs is 5. The minimum absolute atomic E-state index is 0.329. The van der Waals surface area contributed by atoms with E-state index in [1.165, 1.54) is 44.9 Å². The third kappa shape index (κ3) is 2.90. The third-order valence-corrected chi connectivity index (χ3v) is 9.99. The Labute approximate surface area is 186 Å². The molecule has 3 saturated carbocycles. The lowest BCUT2D eigenvalue weighted by Crippen LogP contribution is -2.51. The van der Waals surface area contributed by atoms with E-state index in [1.807, 2.05) is 0 Å². The first-order chi connectivity index (χ1) is 15.0. The maximum absolute atomic E-state index is 6.35. The van der Waals surface area contributed by atoms with Crippen LogP contribution in [0.15, 0.2) is 48.2 Å². The lowest BCUT2D eigenvalue weighted by molar-refractivity contribution is -0.0412. The highest BCUT2D eigenvalue weighted by Gasteiger charge is 2.59. The summed E-state index contributed by atoms with van der Waals surface area (Å²) in [5, 5.41) is 9.19. The van der Waals surface area contributed by atoms with Gasteiger partial charge in [-0.1, -0.05) is 61.0 Å². The molecule has 4 aliphatic rings. The van der Waals surface area contributed by atoms with Crippen LogP contribution in [0.5, 0.6) is 0 Å². The smallest absolute Gasteiger partial charge is 0.113 e. The molecular formula is C27H36N4. The maximum atomic E-state index is 6.35. The van der Waals surface area contributed by atoms with Crippen molar-refractivity contribution in [3.05, 3.63) is 48.2 Å². The number of hydrogen-bond acceptors (Lipinski definition) is 3. The van der Waals surface area contributed by atoms with Crippen molar-refractivity contribution in [3.8, 4) is 11.3 Å². The lowest BCUT2D eigenvalue weighted by atomic mass is 9.47. The van der Waals surface area contributed by atoms with Crippen LogP contribution in [-0.2, 0) is 0 Å². The first-order valence-corrected chi connectivity index (χ1v) is 12.4. The number of nitrogens with two attached hydrogens (primary N) is 1. The van der Waals surface area contributed by atoms with Gasteiger partial charge in [-0.15, -0.1) is 5.10 Å². The zero-order valence-corrected chi connectivity index (χ0v) is 19.0. The minimum atomic E-state index is 0.329. The van der Waals surface area contributed by atoms with Crippen LogP contribution in [0, 0.1) is 28.6 Å². The Hall–Kier alpha value is -1.94. The molecule has 1 aromatic heterocycles. The highest BCUT2D eigenvalue weighted by molar-refractivity contribution is 5.57. The molecule has 1 aromatic carbocycles. The normalized spacial score (nSPS) is 41.8. The molecule has 0 bridgehead atoms. The summed E-state index contributed by atoms with van der Waals surface area (Å²) in [4.78, 5) is 0. The van der Waals surface area contributed by atoms with Gasteiger partial charge in [0.05, 0.1) is 12.2 Å². The summed E-state index contributed by atoms with van der Waals surface area (Å²) in [5.74, 6) is 2.46. The Balaban J connectivity index is 1.29. The van der Waals surface area contributed by atoms with Crippen molar-refractivity contribution in [1.82, 2.24) is 15.0 Å². The minimum Gasteiger partial charge on any atom is -0.327 e. The van der Waals surface area contributed by atoms with Crippen LogP contribution < -0.4 is 5.73 Å². The third-order valence-electron chi connectivity index (χ3n) is 9.99. The Morgan fingerprint density at radius 1 is 1.00 bits per heavy atom. The summed E-state index contributed by atoms with van der Waals surface area (Å²) < 4.78 is 2.22. The topological polar surface area (TPSA) is 56.7 Å².